The molecule has 0 atom stereocenters. The van der Waals surface area contributed by atoms with E-state index in [4.69, 9.17) is 8.75 Å². The predicted octanol–water partition coefficient (Wildman–Crippen LogP) is 23.6. The summed E-state index contributed by atoms with van der Waals surface area (Å²) in [7, 11) is 0. The van der Waals surface area contributed by atoms with E-state index in [1.807, 2.05) is 40.1 Å². The Balaban J connectivity index is 0.000000721. The van der Waals surface area contributed by atoms with Gasteiger partial charge in [-0.05, 0) is 127 Å². The minimum atomic E-state index is 0.676. The summed E-state index contributed by atoms with van der Waals surface area (Å²) in [6.45, 7) is 30.4. The summed E-state index contributed by atoms with van der Waals surface area (Å²) in [6.07, 6.45) is 32.6. The second-order valence-electron chi connectivity index (χ2n) is 19.2. The van der Waals surface area contributed by atoms with Crippen molar-refractivity contribution < 1.29 is 0 Å². The molecule has 0 aliphatic carbocycles. The molecule has 2 nitrogen and oxygen atoms in total. The summed E-state index contributed by atoms with van der Waals surface area (Å²) in [5.41, 5.74) is 14.0. The molecule has 2 aromatic carbocycles. The van der Waals surface area contributed by atoms with Gasteiger partial charge in [-0.2, -0.15) is 21.4 Å². The van der Waals surface area contributed by atoms with Gasteiger partial charge in [-0.25, -0.2) is 0 Å². The Morgan fingerprint density at radius 2 is 1.10 bits per heavy atom. The van der Waals surface area contributed by atoms with Gasteiger partial charge in [-0.15, -0.1) is 34.0 Å². The Labute approximate surface area is 456 Å². The highest BCUT2D eigenvalue weighted by atomic mass is 32.1. The molecule has 0 spiro atoms. The summed E-state index contributed by atoms with van der Waals surface area (Å²) < 4.78 is 9.88. The van der Waals surface area contributed by atoms with Crippen LogP contribution < -0.4 is 0 Å². The third-order valence-corrected chi connectivity index (χ3v) is 17.1. The fraction of sp³-hybridized carbons (Fsp3) is 0.500. The van der Waals surface area contributed by atoms with E-state index in [2.05, 4.69) is 175 Å². The van der Waals surface area contributed by atoms with E-state index in [0.717, 1.165) is 36.7 Å². The second-order valence-corrected chi connectivity index (χ2v) is 23.2. The monoisotopic (exact) mass is 1050 g/mol. The molecule has 6 rings (SSSR count). The van der Waals surface area contributed by atoms with Crippen LogP contribution in [0.2, 0.25) is 0 Å². The zero-order valence-corrected chi connectivity index (χ0v) is 50.4. The molecule has 0 radical (unpaired) electrons. The van der Waals surface area contributed by atoms with Crippen LogP contribution >= 0.6 is 58.4 Å². The first-order valence-electron chi connectivity index (χ1n) is 27.5. The van der Waals surface area contributed by atoms with E-state index < -0.39 is 0 Å². The first-order valence-corrected chi connectivity index (χ1v) is 31.2. The van der Waals surface area contributed by atoms with Gasteiger partial charge >= 0.3 is 0 Å². The summed E-state index contributed by atoms with van der Waals surface area (Å²) in [6, 6.07) is 20.7. The van der Waals surface area contributed by atoms with Crippen molar-refractivity contribution in [1.82, 2.24) is 8.75 Å². The fourth-order valence-electron chi connectivity index (χ4n) is 8.19. The number of allylic oxidation sites excluding steroid dienone is 3. The van der Waals surface area contributed by atoms with Crippen LogP contribution in [0.15, 0.2) is 78.2 Å². The third kappa shape index (κ3) is 20.5. The molecule has 0 bridgehead atoms. The Morgan fingerprint density at radius 3 is 1.61 bits per heavy atom. The van der Waals surface area contributed by atoms with Gasteiger partial charge in [0.05, 0.1) is 11.7 Å². The molecule has 4 aromatic heterocycles. The molecule has 4 heterocycles. The molecular weight excluding hydrogens is 957 g/mol. The highest BCUT2D eigenvalue weighted by Crippen LogP contribution is 2.47. The van der Waals surface area contributed by atoms with Gasteiger partial charge in [0.2, 0.25) is 0 Å². The molecule has 6 aromatic rings. The number of fused-ring (bicyclic) bond motifs is 1. The predicted molar refractivity (Wildman–Crippen MR) is 334 cm³/mol. The van der Waals surface area contributed by atoms with Crippen LogP contribution in [-0.2, 0) is 19.3 Å². The number of unbranched alkanes of at least 4 members (excludes halogenated alkanes) is 9. The Kier molecular flexibility index (Phi) is 31.2. The van der Waals surface area contributed by atoms with Crippen molar-refractivity contribution in [3.8, 4) is 30.6 Å². The van der Waals surface area contributed by atoms with Gasteiger partial charge in [-0.3, -0.25) is 0 Å². The zero-order chi connectivity index (χ0) is 52.0. The maximum Gasteiger partial charge on any atom is 0.114 e. The van der Waals surface area contributed by atoms with Gasteiger partial charge in [-0.1, -0.05) is 213 Å². The van der Waals surface area contributed by atoms with Gasteiger partial charge in [0.15, 0.2) is 0 Å². The number of thiol groups is 1. The Hall–Kier alpha value is -3.33. The fourth-order valence-corrected chi connectivity index (χ4v) is 12.7. The van der Waals surface area contributed by atoms with E-state index >= 15 is 0 Å². The van der Waals surface area contributed by atoms with Gasteiger partial charge in [0.25, 0.3) is 0 Å². The van der Waals surface area contributed by atoms with Crippen LogP contribution in [0.4, 0.5) is 0 Å². The van der Waals surface area contributed by atoms with Gasteiger partial charge in [0, 0.05) is 40.4 Å². The number of rotatable bonds is 25. The molecule has 71 heavy (non-hydrogen) atoms. The van der Waals surface area contributed by atoms with Crippen LogP contribution in [0.3, 0.4) is 0 Å². The standard InChI is InChI=1S/C48H56N2S5.C8H16.C5H12.C3H8/c1-6-10-12-14-16-18-36-30-44(52-41(36)27-24-34-20-22-35(23-21-34)28-29-51)48-38(19-15-13-11-7-2)32-43(54-48)40-26-25-39(45-46(40)50-55-49-45)42-31-37(17-8-3)47(53-42)33(5)9-4;1-5-6-8(4)7(2)3;1-3-5-4-2;1-3-2/h9,20-32,51H,6-8,10-19H2,1-5H3;7H,4-6H2,1-3H3;3-5H2,1-2H3;3H2,1-2H3/b27-24+,29-28+,33-9+;;;. The van der Waals surface area contributed by atoms with Crippen LogP contribution in [0.1, 0.15) is 223 Å². The largest absolute Gasteiger partial charge is 0.172 e. The minimum absolute atomic E-state index is 0.676. The van der Waals surface area contributed by atoms with Crippen molar-refractivity contribution in [2.24, 2.45) is 5.92 Å². The first kappa shape index (κ1) is 62.0. The smallest absolute Gasteiger partial charge is 0.114 e. The van der Waals surface area contributed by atoms with Crippen LogP contribution in [-0.4, -0.2) is 8.75 Å². The molecule has 0 aliphatic heterocycles. The lowest BCUT2D eigenvalue weighted by Gasteiger charge is -2.05. The van der Waals surface area contributed by atoms with Crippen LogP contribution in [0, 0.1) is 5.92 Å². The number of benzene rings is 2. The molecule has 388 valence electrons. The minimum Gasteiger partial charge on any atom is -0.172 e. The van der Waals surface area contributed by atoms with Crippen molar-refractivity contribution in [3.63, 3.8) is 0 Å². The van der Waals surface area contributed by atoms with E-state index in [1.165, 1.54) is 187 Å². The summed E-state index contributed by atoms with van der Waals surface area (Å²) >= 11 is 11.4. The summed E-state index contributed by atoms with van der Waals surface area (Å²) in [5.74, 6) is 0.676. The van der Waals surface area contributed by atoms with Crippen molar-refractivity contribution in [2.45, 2.75) is 205 Å². The normalized spacial score (nSPS) is 11.5. The molecule has 0 fully saturated rings. The zero-order valence-electron chi connectivity index (χ0n) is 46.3. The van der Waals surface area contributed by atoms with Gasteiger partial charge < -0.3 is 0 Å². The lowest BCUT2D eigenvalue weighted by atomic mass is 10.0. The Bertz CT molecular complexity index is 2480. The number of thiophene rings is 3. The molecule has 0 N–H and O–H groups in total. The average molecular weight is 1050 g/mol. The molecule has 0 saturated heterocycles. The van der Waals surface area contributed by atoms with E-state index in [9.17, 15) is 0 Å². The maximum absolute atomic E-state index is 4.95. The molecule has 0 amide bonds. The molecule has 0 aliphatic rings. The van der Waals surface area contributed by atoms with E-state index in [0.29, 0.717) is 5.92 Å². The number of aryl methyl sites for hydroxylation is 3. The third-order valence-electron chi connectivity index (χ3n) is 12.5. The number of aromatic nitrogens is 2. The molecule has 0 unspecified atom stereocenters. The van der Waals surface area contributed by atoms with E-state index in [1.54, 1.807) is 5.41 Å². The lowest BCUT2D eigenvalue weighted by Crippen LogP contribution is -1.90. The number of hydrogen-bond donors (Lipinski definition) is 1. The van der Waals surface area contributed by atoms with E-state index in [-0.39, 0.29) is 0 Å². The summed E-state index contributed by atoms with van der Waals surface area (Å²) in [5, 5.41) is 1.79. The van der Waals surface area contributed by atoms with Crippen molar-refractivity contribution in [1.29, 1.82) is 0 Å². The lowest BCUT2D eigenvalue weighted by molar-refractivity contribution is 0.632. The Morgan fingerprint density at radius 1 is 0.577 bits per heavy atom. The SMILES string of the molecule is C/C=C(\C)c1sc(-c2ccc(-c3cc(CCCCCC)c(-c4cc(CCCCCCC)c(/C=C/c5ccc(/C=C/S)cc5)s4)s3)c3nsnc23)cc1CCC.C=C(CCC)C(C)C.CCC.CCCCC. The van der Waals surface area contributed by atoms with Crippen molar-refractivity contribution in [3.05, 3.63) is 116 Å². The van der Waals surface area contributed by atoms with Crippen LogP contribution in [0.25, 0.3) is 65.5 Å². The second kappa shape index (κ2) is 35.8. The van der Waals surface area contributed by atoms with Crippen molar-refractivity contribution >= 4 is 93.2 Å². The number of hydrogen-bond acceptors (Lipinski definition) is 7. The molecule has 0 saturated carbocycles. The molecular formula is C64H92N2S5. The highest BCUT2D eigenvalue weighted by molar-refractivity contribution is 7.83. The molecule has 7 heteroatoms. The quantitative estimate of drug-likeness (QED) is 0.0351. The van der Waals surface area contributed by atoms with Crippen LogP contribution in [0.5, 0.6) is 0 Å². The average Bonchev–Trinajstić information content (AvgIpc) is 4.20. The highest BCUT2D eigenvalue weighted by Gasteiger charge is 2.21. The summed E-state index contributed by atoms with van der Waals surface area (Å²) in [4.78, 5) is 8.21. The first-order chi connectivity index (χ1) is 34.5. The maximum atomic E-state index is 4.95. The topological polar surface area (TPSA) is 25.8 Å². The van der Waals surface area contributed by atoms with Crippen molar-refractivity contribution in [2.75, 3.05) is 0 Å². The number of nitrogens with zero attached hydrogens (tertiary/aromatic N) is 2. The van der Waals surface area contributed by atoms with Gasteiger partial charge in [0.1, 0.15) is 11.0 Å².